The van der Waals surface area contributed by atoms with Crippen molar-refractivity contribution in [3.05, 3.63) is 0 Å². The summed E-state index contributed by atoms with van der Waals surface area (Å²) in [6, 6.07) is 0. The summed E-state index contributed by atoms with van der Waals surface area (Å²) < 4.78 is 0. The van der Waals surface area contributed by atoms with Crippen molar-refractivity contribution in [1.29, 1.82) is 0 Å². The van der Waals surface area contributed by atoms with E-state index >= 15 is 0 Å². The zero-order valence-corrected chi connectivity index (χ0v) is 13.7. The predicted molar refractivity (Wildman–Crippen MR) is 85.4 cm³/mol. The van der Waals surface area contributed by atoms with Gasteiger partial charge in [-0.05, 0) is 44.6 Å². The summed E-state index contributed by atoms with van der Waals surface area (Å²) in [7, 11) is 0. The highest BCUT2D eigenvalue weighted by atomic mass is 35.5. The van der Waals surface area contributed by atoms with Gasteiger partial charge in [-0.1, -0.05) is 6.92 Å². The molecule has 2 fully saturated rings. The largest absolute Gasteiger partial charge is 0.356 e. The minimum atomic E-state index is 0. The monoisotopic (exact) mass is 317 g/mol. The SMILES string of the molecule is CCCNC(=O)C1CCN(C(=O)CNCC2CC2)CC1.Cl. The van der Waals surface area contributed by atoms with E-state index < -0.39 is 0 Å². The summed E-state index contributed by atoms with van der Waals surface area (Å²) in [5.74, 6) is 1.23. The predicted octanol–water partition coefficient (Wildman–Crippen LogP) is 1.17. The van der Waals surface area contributed by atoms with E-state index in [9.17, 15) is 9.59 Å². The molecule has 1 heterocycles. The normalized spacial score (nSPS) is 19.0. The van der Waals surface area contributed by atoms with E-state index in [0.29, 0.717) is 19.6 Å². The van der Waals surface area contributed by atoms with Gasteiger partial charge in [0.2, 0.25) is 11.8 Å². The highest BCUT2D eigenvalue weighted by molar-refractivity contribution is 5.85. The Balaban J connectivity index is 0.00000220. The van der Waals surface area contributed by atoms with Gasteiger partial charge < -0.3 is 15.5 Å². The Hall–Kier alpha value is -0.810. The van der Waals surface area contributed by atoms with Crippen LogP contribution in [-0.2, 0) is 9.59 Å². The highest BCUT2D eigenvalue weighted by Gasteiger charge is 2.27. The minimum Gasteiger partial charge on any atom is -0.356 e. The molecule has 2 rings (SSSR count). The number of hydrogen-bond donors (Lipinski definition) is 2. The van der Waals surface area contributed by atoms with E-state index in [1.807, 2.05) is 4.90 Å². The lowest BCUT2D eigenvalue weighted by Crippen LogP contribution is -2.46. The molecule has 122 valence electrons. The van der Waals surface area contributed by atoms with Crippen LogP contribution in [0, 0.1) is 11.8 Å². The van der Waals surface area contributed by atoms with Crippen molar-refractivity contribution in [3.8, 4) is 0 Å². The van der Waals surface area contributed by atoms with Crippen molar-refractivity contribution in [2.45, 2.75) is 39.0 Å². The standard InChI is InChI=1S/C15H27N3O2.ClH/c1-2-7-17-15(20)13-5-8-18(9-6-13)14(19)11-16-10-12-3-4-12;/h12-13,16H,2-11H2,1H3,(H,17,20);1H. The topological polar surface area (TPSA) is 61.4 Å². The van der Waals surface area contributed by atoms with Crippen LogP contribution in [0.4, 0.5) is 0 Å². The molecular formula is C15H28ClN3O2. The maximum Gasteiger partial charge on any atom is 0.236 e. The Kier molecular flexibility index (Phi) is 8.04. The third-order valence-electron chi connectivity index (χ3n) is 4.17. The molecular weight excluding hydrogens is 290 g/mol. The summed E-state index contributed by atoms with van der Waals surface area (Å²) in [5, 5.41) is 6.18. The average molecular weight is 318 g/mol. The number of carbonyl (C=O) groups is 2. The number of nitrogens with zero attached hydrogens (tertiary/aromatic N) is 1. The molecule has 1 saturated heterocycles. The van der Waals surface area contributed by atoms with Crippen LogP contribution in [0.25, 0.3) is 0 Å². The molecule has 1 aliphatic carbocycles. The van der Waals surface area contributed by atoms with Gasteiger partial charge in [0.15, 0.2) is 0 Å². The summed E-state index contributed by atoms with van der Waals surface area (Å²) in [5.41, 5.74) is 0. The Bertz CT molecular complexity index is 340. The molecule has 0 radical (unpaired) electrons. The van der Waals surface area contributed by atoms with Gasteiger partial charge in [0.1, 0.15) is 0 Å². The van der Waals surface area contributed by atoms with Crippen LogP contribution >= 0.6 is 12.4 Å². The Morgan fingerprint density at radius 2 is 1.81 bits per heavy atom. The van der Waals surface area contributed by atoms with E-state index in [2.05, 4.69) is 17.6 Å². The van der Waals surface area contributed by atoms with E-state index in [-0.39, 0.29) is 30.1 Å². The van der Waals surface area contributed by atoms with Gasteiger partial charge in [0, 0.05) is 25.6 Å². The fourth-order valence-electron chi connectivity index (χ4n) is 2.60. The zero-order chi connectivity index (χ0) is 14.4. The first-order valence-electron chi connectivity index (χ1n) is 7.97. The van der Waals surface area contributed by atoms with Crippen molar-refractivity contribution in [2.75, 3.05) is 32.7 Å². The van der Waals surface area contributed by atoms with Crippen molar-refractivity contribution in [2.24, 2.45) is 11.8 Å². The van der Waals surface area contributed by atoms with Gasteiger partial charge >= 0.3 is 0 Å². The molecule has 0 bridgehead atoms. The van der Waals surface area contributed by atoms with Crippen LogP contribution in [-0.4, -0.2) is 49.4 Å². The molecule has 0 aromatic rings. The molecule has 6 heteroatoms. The number of amides is 2. The molecule has 2 N–H and O–H groups in total. The molecule has 0 aromatic carbocycles. The van der Waals surface area contributed by atoms with Gasteiger partial charge in [-0.3, -0.25) is 9.59 Å². The van der Waals surface area contributed by atoms with Crippen molar-refractivity contribution < 1.29 is 9.59 Å². The molecule has 0 unspecified atom stereocenters. The number of rotatable bonds is 7. The van der Waals surface area contributed by atoms with Gasteiger partial charge in [-0.2, -0.15) is 0 Å². The van der Waals surface area contributed by atoms with E-state index in [4.69, 9.17) is 0 Å². The second kappa shape index (κ2) is 9.26. The summed E-state index contributed by atoms with van der Waals surface area (Å²) >= 11 is 0. The van der Waals surface area contributed by atoms with Crippen LogP contribution in [0.1, 0.15) is 39.0 Å². The second-order valence-corrected chi connectivity index (χ2v) is 6.02. The molecule has 0 aromatic heterocycles. The fourth-order valence-corrected chi connectivity index (χ4v) is 2.60. The lowest BCUT2D eigenvalue weighted by molar-refractivity contribution is -0.134. The molecule has 0 atom stereocenters. The average Bonchev–Trinajstić information content (AvgIpc) is 3.29. The van der Waals surface area contributed by atoms with Gasteiger partial charge in [-0.15, -0.1) is 12.4 Å². The van der Waals surface area contributed by atoms with E-state index in [0.717, 1.165) is 38.3 Å². The summed E-state index contributed by atoms with van der Waals surface area (Å²) in [6.07, 6.45) is 5.17. The second-order valence-electron chi connectivity index (χ2n) is 6.02. The number of halogens is 1. The zero-order valence-electron chi connectivity index (χ0n) is 12.9. The third kappa shape index (κ3) is 6.22. The summed E-state index contributed by atoms with van der Waals surface area (Å²) in [4.78, 5) is 25.8. The lowest BCUT2D eigenvalue weighted by atomic mass is 9.96. The molecule has 2 aliphatic rings. The maximum absolute atomic E-state index is 12.0. The molecule has 1 aliphatic heterocycles. The van der Waals surface area contributed by atoms with Gasteiger partial charge in [0.05, 0.1) is 6.54 Å². The third-order valence-corrected chi connectivity index (χ3v) is 4.17. The van der Waals surface area contributed by atoms with E-state index in [1.165, 1.54) is 12.8 Å². The van der Waals surface area contributed by atoms with Gasteiger partial charge in [-0.25, -0.2) is 0 Å². The Morgan fingerprint density at radius 1 is 1.14 bits per heavy atom. The minimum absolute atomic E-state index is 0. The van der Waals surface area contributed by atoms with Gasteiger partial charge in [0.25, 0.3) is 0 Å². The Labute approximate surface area is 133 Å². The van der Waals surface area contributed by atoms with E-state index in [1.54, 1.807) is 0 Å². The lowest BCUT2D eigenvalue weighted by Gasteiger charge is -2.31. The van der Waals surface area contributed by atoms with Crippen LogP contribution in [0.2, 0.25) is 0 Å². The Morgan fingerprint density at radius 3 is 2.38 bits per heavy atom. The summed E-state index contributed by atoms with van der Waals surface area (Å²) in [6.45, 7) is 5.66. The van der Waals surface area contributed by atoms with Crippen LogP contribution in [0.3, 0.4) is 0 Å². The molecule has 1 saturated carbocycles. The smallest absolute Gasteiger partial charge is 0.236 e. The van der Waals surface area contributed by atoms with Crippen molar-refractivity contribution in [3.63, 3.8) is 0 Å². The highest BCUT2D eigenvalue weighted by Crippen LogP contribution is 2.27. The first-order valence-corrected chi connectivity index (χ1v) is 7.97. The number of carbonyl (C=O) groups excluding carboxylic acids is 2. The molecule has 0 spiro atoms. The van der Waals surface area contributed by atoms with Crippen LogP contribution in [0.15, 0.2) is 0 Å². The van der Waals surface area contributed by atoms with Crippen LogP contribution < -0.4 is 10.6 Å². The molecule has 2 amide bonds. The first kappa shape index (κ1) is 18.2. The number of nitrogens with one attached hydrogen (secondary N) is 2. The molecule has 21 heavy (non-hydrogen) atoms. The van der Waals surface area contributed by atoms with Crippen molar-refractivity contribution >= 4 is 24.2 Å². The molecule has 5 nitrogen and oxygen atoms in total. The number of piperidine rings is 1. The van der Waals surface area contributed by atoms with Crippen LogP contribution in [0.5, 0.6) is 0 Å². The fraction of sp³-hybridized carbons (Fsp3) is 0.867. The number of likely N-dealkylation sites (tertiary alicyclic amines) is 1. The first-order chi connectivity index (χ1) is 9.70. The number of hydrogen-bond acceptors (Lipinski definition) is 3. The maximum atomic E-state index is 12.0. The van der Waals surface area contributed by atoms with Crippen molar-refractivity contribution in [1.82, 2.24) is 15.5 Å². The quantitative estimate of drug-likeness (QED) is 0.741.